The van der Waals surface area contributed by atoms with Gasteiger partial charge in [-0.15, -0.1) is 0 Å². The van der Waals surface area contributed by atoms with E-state index in [0.717, 1.165) is 18.5 Å². The molecule has 0 aliphatic heterocycles. The molecule has 6 rings (SSSR count). The molecular weight excluding hydrogens is 542 g/mol. The number of nitrogens with zero attached hydrogens (tertiary/aromatic N) is 4. The van der Waals surface area contributed by atoms with E-state index in [0.29, 0.717) is 45.2 Å². The molecule has 0 bridgehead atoms. The number of hydrogen-bond donors (Lipinski definition) is 2. The highest BCUT2D eigenvalue weighted by Crippen LogP contribution is 2.44. The molecule has 3 aromatic heterocycles. The zero-order valence-electron chi connectivity index (χ0n) is 22.4. The Labute approximate surface area is 238 Å². The lowest BCUT2D eigenvalue weighted by atomic mass is 9.96. The number of carbonyl (C=O) groups is 2. The van der Waals surface area contributed by atoms with Crippen LogP contribution in [0.1, 0.15) is 40.5 Å². The summed E-state index contributed by atoms with van der Waals surface area (Å²) in [5, 5.41) is 2.41. The standard InChI is InChI=1S/C31H24F2N6O3/c1-16-11-12-35-31(37-16)42-25-10-7-20(13-22(25)33)26-27(29(34)40)24-14-23(18-3-4-18)36-15-39(24)28(26)19-5-8-21(9-6-19)38-30(41)17(2)32/h5-15,18H,2-4H2,1H3,(H2,34,40)(H,38,41). The quantitative estimate of drug-likeness (QED) is 0.219. The molecule has 11 heteroatoms. The summed E-state index contributed by atoms with van der Waals surface area (Å²) >= 11 is 0. The number of amides is 2. The van der Waals surface area contributed by atoms with Gasteiger partial charge in [-0.1, -0.05) is 24.8 Å². The maximum absolute atomic E-state index is 15.5. The summed E-state index contributed by atoms with van der Waals surface area (Å²) in [5.41, 5.74) is 10.4. The number of aryl methyl sites for hydroxylation is 1. The average molecular weight is 567 g/mol. The number of nitrogens with two attached hydrogens (primary N) is 1. The van der Waals surface area contributed by atoms with Crippen LogP contribution in [-0.2, 0) is 4.79 Å². The van der Waals surface area contributed by atoms with Crippen molar-refractivity contribution in [3.8, 4) is 34.1 Å². The normalized spacial score (nSPS) is 12.7. The molecule has 0 unspecified atom stereocenters. The van der Waals surface area contributed by atoms with Crippen LogP contribution in [0.25, 0.3) is 27.9 Å². The van der Waals surface area contributed by atoms with Gasteiger partial charge in [0.25, 0.3) is 11.8 Å². The van der Waals surface area contributed by atoms with Crippen LogP contribution in [0, 0.1) is 12.7 Å². The summed E-state index contributed by atoms with van der Waals surface area (Å²) in [7, 11) is 0. The Morgan fingerprint density at radius 1 is 1.07 bits per heavy atom. The minimum Gasteiger partial charge on any atom is -0.421 e. The van der Waals surface area contributed by atoms with Crippen LogP contribution >= 0.6 is 0 Å². The molecule has 0 radical (unpaired) electrons. The smallest absolute Gasteiger partial charge is 0.322 e. The molecule has 210 valence electrons. The van der Waals surface area contributed by atoms with Crippen LogP contribution < -0.4 is 15.8 Å². The second kappa shape index (κ2) is 10.5. The van der Waals surface area contributed by atoms with Crippen molar-refractivity contribution < 1.29 is 23.1 Å². The Morgan fingerprint density at radius 3 is 2.45 bits per heavy atom. The average Bonchev–Trinajstić information content (AvgIpc) is 3.75. The summed E-state index contributed by atoms with van der Waals surface area (Å²) in [4.78, 5) is 37.5. The first-order chi connectivity index (χ1) is 20.2. The summed E-state index contributed by atoms with van der Waals surface area (Å²) in [6, 6.07) is 14.4. The molecule has 5 aromatic rings. The van der Waals surface area contributed by atoms with Gasteiger partial charge >= 0.3 is 6.01 Å². The molecule has 3 heterocycles. The Balaban J connectivity index is 1.50. The second-order valence-electron chi connectivity index (χ2n) is 9.97. The summed E-state index contributed by atoms with van der Waals surface area (Å²) in [6.45, 7) is 4.76. The van der Waals surface area contributed by atoms with Gasteiger partial charge in [0.05, 0.1) is 23.1 Å². The fourth-order valence-electron chi connectivity index (χ4n) is 4.81. The predicted molar refractivity (Wildman–Crippen MR) is 152 cm³/mol. The summed E-state index contributed by atoms with van der Waals surface area (Å²) in [6.07, 6.45) is 5.15. The highest BCUT2D eigenvalue weighted by Gasteiger charge is 2.29. The van der Waals surface area contributed by atoms with Crippen molar-refractivity contribution in [3.05, 3.63) is 102 Å². The third-order valence-corrected chi connectivity index (χ3v) is 6.95. The number of fused-ring (bicyclic) bond motifs is 1. The van der Waals surface area contributed by atoms with Gasteiger partial charge in [-0.3, -0.25) is 14.0 Å². The SMILES string of the molecule is C=C(F)C(=O)Nc1ccc(-c2c(-c3ccc(Oc4nccc(C)n4)c(F)c3)c(C(N)=O)c3cc(C4CC4)ncn23)cc1. The van der Waals surface area contributed by atoms with E-state index in [-0.39, 0.29) is 17.3 Å². The molecule has 2 amide bonds. The molecule has 1 aliphatic rings. The van der Waals surface area contributed by atoms with Crippen molar-refractivity contribution >= 4 is 23.0 Å². The third kappa shape index (κ3) is 5.07. The molecule has 9 nitrogen and oxygen atoms in total. The van der Waals surface area contributed by atoms with E-state index in [1.807, 2.05) is 6.07 Å². The van der Waals surface area contributed by atoms with Gasteiger partial charge in [0.1, 0.15) is 0 Å². The van der Waals surface area contributed by atoms with Crippen molar-refractivity contribution in [2.75, 3.05) is 5.32 Å². The third-order valence-electron chi connectivity index (χ3n) is 6.95. The molecule has 0 spiro atoms. The highest BCUT2D eigenvalue weighted by atomic mass is 19.1. The van der Waals surface area contributed by atoms with Crippen molar-refractivity contribution in [1.82, 2.24) is 19.4 Å². The number of ether oxygens (including phenoxy) is 1. The number of anilines is 1. The molecule has 0 atom stereocenters. The molecule has 42 heavy (non-hydrogen) atoms. The number of halogens is 2. The number of benzene rings is 2. The number of carbonyl (C=O) groups excluding carboxylic acids is 2. The fraction of sp³-hybridized carbons (Fsp3) is 0.129. The number of primary amides is 1. The monoisotopic (exact) mass is 566 g/mol. The topological polar surface area (TPSA) is 124 Å². The van der Waals surface area contributed by atoms with Gasteiger partial charge in [0.2, 0.25) is 0 Å². The Hall–Kier alpha value is -5.45. The zero-order valence-corrected chi connectivity index (χ0v) is 22.4. The predicted octanol–water partition coefficient (Wildman–Crippen LogP) is 6.10. The van der Waals surface area contributed by atoms with E-state index < -0.39 is 23.5 Å². The first-order valence-electron chi connectivity index (χ1n) is 13.1. The number of aromatic nitrogens is 4. The van der Waals surface area contributed by atoms with Crippen molar-refractivity contribution in [2.24, 2.45) is 5.73 Å². The van der Waals surface area contributed by atoms with Crippen molar-refractivity contribution in [1.29, 1.82) is 0 Å². The van der Waals surface area contributed by atoms with E-state index in [2.05, 4.69) is 26.8 Å². The Bertz CT molecular complexity index is 1900. The first-order valence-corrected chi connectivity index (χ1v) is 13.1. The zero-order chi connectivity index (χ0) is 29.5. The highest BCUT2D eigenvalue weighted by molar-refractivity contribution is 6.11. The van der Waals surface area contributed by atoms with Crippen molar-refractivity contribution in [3.63, 3.8) is 0 Å². The van der Waals surface area contributed by atoms with Crippen LogP contribution in [0.4, 0.5) is 14.5 Å². The minimum absolute atomic E-state index is 0.00281. The molecule has 3 N–H and O–H groups in total. The van der Waals surface area contributed by atoms with E-state index in [1.165, 1.54) is 18.3 Å². The van der Waals surface area contributed by atoms with Gasteiger partial charge in [0.15, 0.2) is 17.4 Å². The molecular formula is C31H24F2N6O3. The van der Waals surface area contributed by atoms with Gasteiger partial charge in [0, 0.05) is 34.8 Å². The maximum atomic E-state index is 15.5. The molecule has 2 aromatic carbocycles. The molecule has 1 fully saturated rings. The first kappa shape index (κ1) is 26.8. The van der Waals surface area contributed by atoms with E-state index in [1.54, 1.807) is 54.0 Å². The van der Waals surface area contributed by atoms with Crippen LogP contribution in [0.2, 0.25) is 0 Å². The number of nitrogens with one attached hydrogen (secondary N) is 1. The van der Waals surface area contributed by atoms with Gasteiger partial charge in [-0.25, -0.2) is 23.7 Å². The summed E-state index contributed by atoms with van der Waals surface area (Å²) < 4.78 is 36.0. The van der Waals surface area contributed by atoms with E-state index in [4.69, 9.17) is 10.5 Å². The van der Waals surface area contributed by atoms with E-state index in [9.17, 15) is 14.0 Å². The van der Waals surface area contributed by atoms with Crippen LogP contribution in [-0.4, -0.2) is 31.2 Å². The van der Waals surface area contributed by atoms with E-state index >= 15 is 4.39 Å². The lowest BCUT2D eigenvalue weighted by molar-refractivity contribution is -0.114. The Kier molecular flexibility index (Phi) is 6.69. The molecule has 1 saturated carbocycles. The number of rotatable bonds is 8. The van der Waals surface area contributed by atoms with Gasteiger partial charge in [-0.05, 0) is 67.3 Å². The molecule has 0 saturated heterocycles. The van der Waals surface area contributed by atoms with Crippen LogP contribution in [0.15, 0.2) is 79.5 Å². The largest absolute Gasteiger partial charge is 0.421 e. The van der Waals surface area contributed by atoms with Gasteiger partial charge in [-0.2, -0.15) is 0 Å². The maximum Gasteiger partial charge on any atom is 0.322 e. The van der Waals surface area contributed by atoms with Crippen LogP contribution in [0.3, 0.4) is 0 Å². The minimum atomic E-state index is -1.12. The van der Waals surface area contributed by atoms with Gasteiger partial charge < -0.3 is 15.8 Å². The lowest BCUT2D eigenvalue weighted by Gasteiger charge is -2.11. The van der Waals surface area contributed by atoms with Crippen LogP contribution in [0.5, 0.6) is 11.8 Å². The summed E-state index contributed by atoms with van der Waals surface area (Å²) in [5.74, 6) is -3.26. The number of hydrogen-bond acceptors (Lipinski definition) is 6. The second-order valence-corrected chi connectivity index (χ2v) is 9.97. The fourth-order valence-corrected chi connectivity index (χ4v) is 4.81. The Morgan fingerprint density at radius 2 is 1.81 bits per heavy atom. The molecule has 1 aliphatic carbocycles. The lowest BCUT2D eigenvalue weighted by Crippen LogP contribution is -2.12. The van der Waals surface area contributed by atoms with Crippen molar-refractivity contribution in [2.45, 2.75) is 25.7 Å².